The molecule has 0 aliphatic carbocycles. The summed E-state index contributed by atoms with van der Waals surface area (Å²) in [6.07, 6.45) is -0.370. The number of H-pyrrole nitrogens is 1. The Hall–Kier alpha value is -1.11. The number of halogens is 1. The summed E-state index contributed by atoms with van der Waals surface area (Å²) in [5.74, 6) is -0.0773. The number of hydrogen-bond donors (Lipinski definition) is 1. The van der Waals surface area contributed by atoms with Crippen LogP contribution < -0.4 is 11.2 Å². The molecular weight excluding hydrogens is 272 g/mol. The van der Waals surface area contributed by atoms with Gasteiger partial charge in [-0.1, -0.05) is 25.4 Å². The fourth-order valence-electron chi connectivity index (χ4n) is 1.81. The molecule has 19 heavy (non-hydrogen) atoms. The van der Waals surface area contributed by atoms with Gasteiger partial charge in [-0.3, -0.25) is 14.3 Å². The summed E-state index contributed by atoms with van der Waals surface area (Å²) in [5, 5.41) is 0.0990. The predicted molar refractivity (Wildman–Crippen MR) is 73.1 cm³/mol. The molecule has 1 aromatic heterocycles. The van der Waals surface area contributed by atoms with Crippen LogP contribution >= 0.6 is 11.6 Å². The molecule has 1 aromatic rings. The van der Waals surface area contributed by atoms with Crippen molar-refractivity contribution in [1.29, 1.82) is 0 Å². The van der Waals surface area contributed by atoms with E-state index >= 15 is 0 Å². The van der Waals surface area contributed by atoms with Crippen molar-refractivity contribution in [3.05, 3.63) is 31.6 Å². The van der Waals surface area contributed by atoms with Gasteiger partial charge in [0.2, 0.25) is 0 Å². The van der Waals surface area contributed by atoms with Gasteiger partial charge >= 0.3 is 5.69 Å². The predicted octanol–water partition coefficient (Wildman–Crippen LogP) is 0.975. The highest BCUT2D eigenvalue weighted by molar-refractivity contribution is 6.30. The van der Waals surface area contributed by atoms with Crippen LogP contribution in [0.15, 0.2) is 9.59 Å². The summed E-state index contributed by atoms with van der Waals surface area (Å²) >= 11 is 5.91. The molecule has 0 saturated heterocycles. The Balaban J connectivity index is 3.25. The number of nitrogens with one attached hydrogen (secondary N) is 1. The Morgan fingerprint density at radius 2 is 1.95 bits per heavy atom. The van der Waals surface area contributed by atoms with Crippen LogP contribution in [0.3, 0.4) is 0 Å². The van der Waals surface area contributed by atoms with Crippen molar-refractivity contribution >= 4 is 11.6 Å². The number of aromatic nitrogens is 2. The van der Waals surface area contributed by atoms with Crippen LogP contribution in [0.4, 0.5) is 0 Å². The van der Waals surface area contributed by atoms with Crippen LogP contribution in [0.1, 0.15) is 25.3 Å². The van der Waals surface area contributed by atoms with Gasteiger partial charge in [-0.25, -0.2) is 4.79 Å². The van der Waals surface area contributed by atoms with E-state index in [1.165, 1.54) is 14.2 Å². The van der Waals surface area contributed by atoms with Gasteiger partial charge in [0.15, 0.2) is 0 Å². The minimum atomic E-state index is -0.544. The third-order valence-corrected chi connectivity index (χ3v) is 3.12. The van der Waals surface area contributed by atoms with Crippen LogP contribution in [0.5, 0.6) is 0 Å². The first-order valence-electron chi connectivity index (χ1n) is 5.96. The summed E-state index contributed by atoms with van der Waals surface area (Å²) in [5.41, 5.74) is -0.534. The summed E-state index contributed by atoms with van der Waals surface area (Å²) in [6, 6.07) is 0. The standard InChI is InChI=1S/C12H19ClN2O4/c1-7(2)9-10(13)14-12(17)15(11(9)16)5-8(19-4)6-18-3/h7-8H,5-6H2,1-4H3,(H,14,17). The van der Waals surface area contributed by atoms with E-state index in [0.717, 1.165) is 4.57 Å². The molecule has 108 valence electrons. The lowest BCUT2D eigenvalue weighted by Gasteiger charge is -2.16. The lowest BCUT2D eigenvalue weighted by atomic mass is 10.1. The van der Waals surface area contributed by atoms with E-state index < -0.39 is 5.69 Å². The topological polar surface area (TPSA) is 73.3 Å². The zero-order valence-electron chi connectivity index (χ0n) is 11.5. The molecule has 0 saturated carbocycles. The summed E-state index contributed by atoms with van der Waals surface area (Å²) < 4.78 is 11.2. The van der Waals surface area contributed by atoms with Crippen LogP contribution in [-0.4, -0.2) is 36.5 Å². The zero-order chi connectivity index (χ0) is 14.6. The van der Waals surface area contributed by atoms with Crippen molar-refractivity contribution in [2.24, 2.45) is 0 Å². The minimum Gasteiger partial charge on any atom is -0.382 e. The van der Waals surface area contributed by atoms with Gasteiger partial charge in [-0.05, 0) is 5.92 Å². The minimum absolute atomic E-state index is 0.0773. The number of ether oxygens (including phenoxy) is 2. The molecule has 0 radical (unpaired) electrons. The Labute approximate surface area is 116 Å². The maximum atomic E-state index is 12.3. The van der Waals surface area contributed by atoms with Crippen LogP contribution in [0.2, 0.25) is 5.15 Å². The molecule has 1 unspecified atom stereocenters. The fraction of sp³-hybridized carbons (Fsp3) is 0.667. The lowest BCUT2D eigenvalue weighted by molar-refractivity contribution is 0.0170. The van der Waals surface area contributed by atoms with Crippen molar-refractivity contribution in [1.82, 2.24) is 9.55 Å². The van der Waals surface area contributed by atoms with Crippen molar-refractivity contribution < 1.29 is 9.47 Å². The van der Waals surface area contributed by atoms with Gasteiger partial charge in [0.05, 0.1) is 24.8 Å². The molecule has 1 N–H and O–H groups in total. The normalized spacial score (nSPS) is 12.9. The highest BCUT2D eigenvalue weighted by Crippen LogP contribution is 2.16. The monoisotopic (exact) mass is 290 g/mol. The number of aromatic amines is 1. The van der Waals surface area contributed by atoms with Crippen LogP contribution in [-0.2, 0) is 16.0 Å². The van der Waals surface area contributed by atoms with Gasteiger partial charge in [-0.2, -0.15) is 0 Å². The Bertz CT molecular complexity index is 536. The number of nitrogens with zero attached hydrogens (tertiary/aromatic N) is 1. The first-order valence-corrected chi connectivity index (χ1v) is 6.34. The van der Waals surface area contributed by atoms with Crippen molar-refractivity contribution in [2.75, 3.05) is 20.8 Å². The summed E-state index contributed by atoms with van der Waals surface area (Å²) in [7, 11) is 3.03. The fourth-order valence-corrected chi connectivity index (χ4v) is 2.19. The van der Waals surface area contributed by atoms with Crippen molar-refractivity contribution in [3.63, 3.8) is 0 Å². The molecule has 1 atom stereocenters. The Morgan fingerprint density at radius 1 is 1.32 bits per heavy atom. The molecule has 1 rings (SSSR count). The largest absolute Gasteiger partial charge is 0.382 e. The molecule has 0 spiro atoms. The molecule has 0 aliphatic heterocycles. The van der Waals surface area contributed by atoms with E-state index in [1.807, 2.05) is 13.8 Å². The molecule has 6 nitrogen and oxygen atoms in total. The third-order valence-electron chi connectivity index (χ3n) is 2.82. The van der Waals surface area contributed by atoms with E-state index in [2.05, 4.69) is 4.98 Å². The summed E-state index contributed by atoms with van der Waals surface area (Å²) in [6.45, 7) is 4.10. The first kappa shape index (κ1) is 15.9. The third kappa shape index (κ3) is 3.68. The highest BCUT2D eigenvalue weighted by Gasteiger charge is 2.18. The van der Waals surface area contributed by atoms with E-state index in [1.54, 1.807) is 0 Å². The van der Waals surface area contributed by atoms with Gasteiger partial charge in [0.1, 0.15) is 5.15 Å². The van der Waals surface area contributed by atoms with Crippen molar-refractivity contribution in [2.45, 2.75) is 32.4 Å². The summed E-state index contributed by atoms with van der Waals surface area (Å²) in [4.78, 5) is 26.6. The molecule has 0 aromatic carbocycles. The van der Waals surface area contributed by atoms with Gasteiger partial charge in [-0.15, -0.1) is 0 Å². The number of rotatable bonds is 6. The second-order valence-electron chi connectivity index (χ2n) is 4.54. The SMILES string of the molecule is COCC(Cn1c(=O)[nH]c(Cl)c(C(C)C)c1=O)OC. The smallest absolute Gasteiger partial charge is 0.329 e. The van der Waals surface area contributed by atoms with Crippen LogP contribution in [0, 0.1) is 0 Å². The quantitative estimate of drug-likeness (QED) is 0.793. The molecule has 0 amide bonds. The molecule has 0 bridgehead atoms. The molecule has 7 heteroatoms. The first-order chi connectivity index (χ1) is 8.92. The van der Waals surface area contributed by atoms with E-state index in [4.69, 9.17) is 21.1 Å². The molecule has 0 fully saturated rings. The Kier molecular flexibility index (Phi) is 5.78. The highest BCUT2D eigenvalue weighted by atomic mass is 35.5. The van der Waals surface area contributed by atoms with E-state index in [0.29, 0.717) is 12.2 Å². The Morgan fingerprint density at radius 3 is 2.42 bits per heavy atom. The molecule has 1 heterocycles. The van der Waals surface area contributed by atoms with Crippen LogP contribution in [0.25, 0.3) is 0 Å². The van der Waals surface area contributed by atoms with E-state index in [9.17, 15) is 9.59 Å². The van der Waals surface area contributed by atoms with Gasteiger partial charge < -0.3 is 9.47 Å². The second-order valence-corrected chi connectivity index (χ2v) is 4.92. The average Bonchev–Trinajstić information content (AvgIpc) is 2.32. The van der Waals surface area contributed by atoms with Crippen molar-refractivity contribution in [3.8, 4) is 0 Å². The molecular formula is C12H19ClN2O4. The average molecular weight is 291 g/mol. The number of hydrogen-bond acceptors (Lipinski definition) is 4. The number of methoxy groups -OCH3 is 2. The zero-order valence-corrected chi connectivity index (χ0v) is 12.3. The molecule has 0 aliphatic rings. The van der Waals surface area contributed by atoms with Gasteiger partial charge in [0, 0.05) is 14.2 Å². The van der Waals surface area contributed by atoms with Gasteiger partial charge in [0.25, 0.3) is 5.56 Å². The maximum absolute atomic E-state index is 12.3. The maximum Gasteiger partial charge on any atom is 0.329 e. The van der Waals surface area contributed by atoms with E-state index in [-0.39, 0.29) is 29.3 Å². The lowest BCUT2D eigenvalue weighted by Crippen LogP contribution is -2.42. The second kappa shape index (κ2) is 6.88.